The maximum atomic E-state index is 6.34. The summed E-state index contributed by atoms with van der Waals surface area (Å²) in [5.41, 5.74) is 16.8. The fraction of sp³-hybridized carbons (Fsp3) is 0.119. The largest absolute Gasteiger partial charge is 0.374 e. The van der Waals surface area contributed by atoms with Crippen LogP contribution in [0.15, 0.2) is 218 Å². The molecular weight excluding hydrogens is 739 g/mol. The van der Waals surface area contributed by atoms with E-state index in [-0.39, 0.29) is 0 Å². The number of para-hydroxylation sites is 1. The van der Waals surface area contributed by atoms with Crippen LogP contribution in [0, 0.1) is 0 Å². The summed E-state index contributed by atoms with van der Waals surface area (Å²) in [5, 5.41) is 2.65. The lowest BCUT2D eigenvalue weighted by molar-refractivity contribution is 0.101. The SMILES string of the molecule is c1ccc(-c2ccccc2N(c2ccc(-c3ccc(C4CC5CCC4O5)c4ccccc34)cc2)c2ccc3c(c2)C(c2ccccc2)(c2ccccc2)c2ccccc2-3)cc1. The van der Waals surface area contributed by atoms with Gasteiger partial charge < -0.3 is 9.64 Å². The first-order chi connectivity index (χ1) is 30.3. The summed E-state index contributed by atoms with van der Waals surface area (Å²) in [7, 11) is 0. The first kappa shape index (κ1) is 35.9. The Bertz CT molecular complexity index is 3010. The van der Waals surface area contributed by atoms with E-state index in [1.165, 1.54) is 84.8 Å². The average Bonchev–Trinajstić information content (AvgIpc) is 4.06. The Morgan fingerprint density at radius 2 is 1.00 bits per heavy atom. The van der Waals surface area contributed by atoms with Crippen molar-refractivity contribution in [3.63, 3.8) is 0 Å². The van der Waals surface area contributed by atoms with Crippen molar-refractivity contribution in [3.05, 3.63) is 246 Å². The molecule has 9 aromatic rings. The topological polar surface area (TPSA) is 12.5 Å². The number of hydrogen-bond donors (Lipinski definition) is 0. The third-order valence-corrected chi connectivity index (χ3v) is 13.8. The molecule has 2 nitrogen and oxygen atoms in total. The number of hydrogen-bond acceptors (Lipinski definition) is 2. The molecule has 3 unspecified atom stereocenters. The smallest absolute Gasteiger partial charge is 0.0714 e. The summed E-state index contributed by atoms with van der Waals surface area (Å²) in [6.45, 7) is 0. The third-order valence-electron chi connectivity index (χ3n) is 13.8. The second kappa shape index (κ2) is 14.6. The number of benzene rings is 9. The van der Waals surface area contributed by atoms with Crippen LogP contribution in [0.2, 0.25) is 0 Å². The molecule has 0 radical (unpaired) electrons. The molecule has 0 aromatic heterocycles. The lowest BCUT2D eigenvalue weighted by Gasteiger charge is -2.35. The van der Waals surface area contributed by atoms with Gasteiger partial charge in [0.05, 0.1) is 23.3 Å². The minimum absolute atomic E-state index is 0.349. The summed E-state index contributed by atoms with van der Waals surface area (Å²) >= 11 is 0. The second-order valence-electron chi connectivity index (χ2n) is 17.0. The monoisotopic (exact) mass is 783 g/mol. The fourth-order valence-electron chi connectivity index (χ4n) is 11.2. The Kier molecular flexibility index (Phi) is 8.61. The third kappa shape index (κ3) is 5.74. The Morgan fingerprint density at radius 3 is 1.70 bits per heavy atom. The van der Waals surface area contributed by atoms with E-state index in [2.05, 4.69) is 223 Å². The standard InChI is InChI=1S/C59H45NO/c1-4-16-40(17-5-1)48-22-13-15-27-57(48)60(44-30-28-41(29-31-44)47-35-36-51(50-24-11-10-23-49(47)50)54-39-46-33-37-58(54)61-46)45-32-34-53-52-25-12-14-26-55(52)59(56(53)38-45,42-18-6-2-7-19-42)43-20-8-3-9-21-43/h1-32,34-36,38,46,54,58H,33,37,39H2. The van der Waals surface area contributed by atoms with Crippen molar-refractivity contribution in [1.82, 2.24) is 0 Å². The molecule has 2 heterocycles. The van der Waals surface area contributed by atoms with Gasteiger partial charge in [-0.15, -0.1) is 0 Å². The van der Waals surface area contributed by atoms with Crippen molar-refractivity contribution < 1.29 is 4.74 Å². The summed E-state index contributed by atoms with van der Waals surface area (Å²) in [4.78, 5) is 2.46. The van der Waals surface area contributed by atoms with E-state index in [0.29, 0.717) is 18.1 Å². The lowest BCUT2D eigenvalue weighted by atomic mass is 9.67. The van der Waals surface area contributed by atoms with Gasteiger partial charge >= 0.3 is 0 Å². The predicted molar refractivity (Wildman–Crippen MR) is 252 cm³/mol. The maximum Gasteiger partial charge on any atom is 0.0714 e. The van der Waals surface area contributed by atoms with Gasteiger partial charge in [0.15, 0.2) is 0 Å². The Balaban J connectivity index is 1.04. The van der Waals surface area contributed by atoms with Gasteiger partial charge in [-0.1, -0.05) is 188 Å². The minimum atomic E-state index is -0.504. The number of ether oxygens (including phenoxy) is 1. The first-order valence-electron chi connectivity index (χ1n) is 21.8. The van der Waals surface area contributed by atoms with Crippen molar-refractivity contribution in [2.45, 2.75) is 42.8 Å². The van der Waals surface area contributed by atoms with Crippen molar-refractivity contribution >= 4 is 27.8 Å². The molecule has 2 aliphatic heterocycles. The highest BCUT2D eigenvalue weighted by molar-refractivity contribution is 5.99. The summed E-state index contributed by atoms with van der Waals surface area (Å²) in [5.74, 6) is 0.473. The van der Waals surface area contributed by atoms with Gasteiger partial charge in [-0.05, 0) is 116 Å². The number of fused-ring (bicyclic) bond motifs is 6. The van der Waals surface area contributed by atoms with Crippen molar-refractivity contribution in [2.75, 3.05) is 4.90 Å². The van der Waals surface area contributed by atoms with Gasteiger partial charge in [0.2, 0.25) is 0 Å². The van der Waals surface area contributed by atoms with Crippen LogP contribution in [-0.4, -0.2) is 12.2 Å². The molecule has 2 fully saturated rings. The molecule has 2 bridgehead atoms. The molecular formula is C59H45NO. The van der Waals surface area contributed by atoms with E-state index in [1.807, 2.05) is 0 Å². The van der Waals surface area contributed by atoms with Crippen LogP contribution in [0.5, 0.6) is 0 Å². The van der Waals surface area contributed by atoms with E-state index >= 15 is 0 Å². The average molecular weight is 784 g/mol. The van der Waals surface area contributed by atoms with Gasteiger partial charge in [0, 0.05) is 22.9 Å². The van der Waals surface area contributed by atoms with Crippen molar-refractivity contribution in [3.8, 4) is 33.4 Å². The predicted octanol–water partition coefficient (Wildman–Crippen LogP) is 15.0. The summed E-state index contributed by atoms with van der Waals surface area (Å²) < 4.78 is 6.34. The lowest BCUT2D eigenvalue weighted by Crippen LogP contribution is -2.28. The number of anilines is 3. The zero-order valence-electron chi connectivity index (χ0n) is 34.0. The zero-order chi connectivity index (χ0) is 40.3. The molecule has 3 atom stereocenters. The summed E-state index contributed by atoms with van der Waals surface area (Å²) in [6.07, 6.45) is 4.28. The zero-order valence-corrected chi connectivity index (χ0v) is 34.0. The quantitative estimate of drug-likeness (QED) is 0.152. The highest BCUT2D eigenvalue weighted by atomic mass is 16.5. The highest BCUT2D eigenvalue weighted by Gasteiger charge is 2.46. The second-order valence-corrected chi connectivity index (χ2v) is 17.0. The molecule has 61 heavy (non-hydrogen) atoms. The van der Waals surface area contributed by atoms with Gasteiger partial charge in [-0.2, -0.15) is 0 Å². The fourth-order valence-corrected chi connectivity index (χ4v) is 11.2. The van der Waals surface area contributed by atoms with Crippen LogP contribution in [0.1, 0.15) is 53.0 Å². The van der Waals surface area contributed by atoms with Crippen molar-refractivity contribution in [1.29, 1.82) is 0 Å². The van der Waals surface area contributed by atoms with Gasteiger partial charge in [0.25, 0.3) is 0 Å². The normalized spacial score (nSPS) is 18.2. The Labute approximate surface area is 358 Å². The van der Waals surface area contributed by atoms with E-state index in [1.54, 1.807) is 0 Å². The molecule has 0 amide bonds. The molecule has 2 heteroatoms. The number of rotatable bonds is 8. The van der Waals surface area contributed by atoms with Crippen LogP contribution in [0.3, 0.4) is 0 Å². The molecule has 292 valence electrons. The molecule has 1 aliphatic carbocycles. The van der Waals surface area contributed by atoms with Crippen molar-refractivity contribution in [2.24, 2.45) is 0 Å². The van der Waals surface area contributed by atoms with Crippen LogP contribution < -0.4 is 4.90 Å². The maximum absolute atomic E-state index is 6.34. The summed E-state index contributed by atoms with van der Waals surface area (Å²) in [6, 6.07) is 80.9. The molecule has 3 aliphatic rings. The molecule has 12 rings (SSSR count). The molecule has 9 aromatic carbocycles. The van der Waals surface area contributed by atoms with Crippen LogP contribution >= 0.6 is 0 Å². The minimum Gasteiger partial charge on any atom is -0.374 e. The molecule has 0 saturated carbocycles. The highest BCUT2D eigenvalue weighted by Crippen LogP contribution is 2.57. The first-order valence-corrected chi connectivity index (χ1v) is 21.8. The van der Waals surface area contributed by atoms with Gasteiger partial charge in [0.1, 0.15) is 0 Å². The van der Waals surface area contributed by atoms with E-state index < -0.39 is 5.41 Å². The number of nitrogens with zero attached hydrogens (tertiary/aromatic N) is 1. The Morgan fingerprint density at radius 1 is 0.426 bits per heavy atom. The molecule has 2 saturated heterocycles. The van der Waals surface area contributed by atoms with Crippen LogP contribution in [0.4, 0.5) is 17.1 Å². The van der Waals surface area contributed by atoms with Crippen LogP contribution in [0.25, 0.3) is 44.2 Å². The van der Waals surface area contributed by atoms with E-state index in [9.17, 15) is 0 Å². The van der Waals surface area contributed by atoms with Gasteiger partial charge in [-0.25, -0.2) is 0 Å². The molecule has 0 N–H and O–H groups in total. The van der Waals surface area contributed by atoms with E-state index in [4.69, 9.17) is 4.74 Å². The van der Waals surface area contributed by atoms with Gasteiger partial charge in [-0.3, -0.25) is 0 Å². The van der Waals surface area contributed by atoms with Crippen LogP contribution in [-0.2, 0) is 10.2 Å². The van der Waals surface area contributed by atoms with E-state index in [0.717, 1.165) is 23.5 Å². The molecule has 0 spiro atoms. The Hall–Kier alpha value is -7.00.